The van der Waals surface area contributed by atoms with Crippen LogP contribution in [0.25, 0.3) is 0 Å². The second kappa shape index (κ2) is 12.0. The molecule has 1 aliphatic carbocycles. The number of phenolic OH excluding ortho intramolecular Hbond substituents is 1. The third kappa shape index (κ3) is 5.73. The quantitative estimate of drug-likeness (QED) is 0.126. The van der Waals surface area contributed by atoms with Crippen LogP contribution in [-0.4, -0.2) is 32.3 Å². The molecule has 0 atom stereocenters. The maximum Gasteiger partial charge on any atom is 0.339 e. The Morgan fingerprint density at radius 2 is 0.939 bits per heavy atom. The molecule has 0 heterocycles. The molecule has 0 bridgehead atoms. The monoisotopic (exact) mass is 690 g/mol. The van der Waals surface area contributed by atoms with E-state index in [-0.39, 0.29) is 38.6 Å². The minimum Gasteiger partial charge on any atom is -0.508 e. The number of aromatic hydroxyl groups is 1. The average Bonchev–Trinajstić information content (AvgIpc) is 3.10. The van der Waals surface area contributed by atoms with Crippen molar-refractivity contribution in [2.45, 2.75) is 15.2 Å². The first-order valence-corrected chi connectivity index (χ1v) is 17.8. The van der Waals surface area contributed by atoms with Gasteiger partial charge in [0.15, 0.2) is 5.78 Å². The van der Waals surface area contributed by atoms with E-state index < -0.39 is 25.7 Å². The van der Waals surface area contributed by atoms with Gasteiger partial charge in [-0.1, -0.05) is 72.8 Å². The van der Waals surface area contributed by atoms with Crippen molar-refractivity contribution >= 4 is 26.0 Å². The Kier molecular flexibility index (Phi) is 7.83. The van der Waals surface area contributed by atoms with Gasteiger partial charge in [0.1, 0.15) is 27.9 Å². The van der Waals surface area contributed by atoms with E-state index in [9.17, 15) is 26.7 Å². The minimum atomic E-state index is -4.35. The lowest BCUT2D eigenvalue weighted by Gasteiger charge is -2.41. The zero-order valence-corrected chi connectivity index (χ0v) is 27.1. The van der Waals surface area contributed by atoms with E-state index in [1.54, 1.807) is 48.5 Å². The number of rotatable bonds is 8. The van der Waals surface area contributed by atoms with E-state index >= 15 is 0 Å². The Balaban J connectivity index is 1.21. The van der Waals surface area contributed by atoms with Crippen molar-refractivity contribution in [1.29, 1.82) is 0 Å². The van der Waals surface area contributed by atoms with E-state index in [0.29, 0.717) is 11.1 Å². The number of hydrogen-bond donors (Lipinski definition) is 2. The second-order valence-corrected chi connectivity index (χ2v) is 14.3. The summed E-state index contributed by atoms with van der Waals surface area (Å²) >= 11 is 0. The summed E-state index contributed by atoms with van der Waals surface area (Å²) in [5.41, 5.74) is 3.16. The zero-order chi connectivity index (χ0) is 34.4. The van der Waals surface area contributed by atoms with Crippen LogP contribution >= 0.6 is 0 Å². The molecule has 244 valence electrons. The molecule has 0 aliphatic heterocycles. The lowest BCUT2D eigenvalue weighted by atomic mass is 9.59. The highest BCUT2D eigenvalue weighted by atomic mass is 32.2. The number of phenols is 1. The van der Waals surface area contributed by atoms with Crippen molar-refractivity contribution in [2.24, 2.45) is 0 Å². The van der Waals surface area contributed by atoms with Gasteiger partial charge in [-0.15, -0.1) is 0 Å². The molecule has 11 heteroatoms. The summed E-state index contributed by atoms with van der Waals surface area (Å²) in [6, 6.07) is 38.8. The second-order valence-electron chi connectivity index (χ2n) is 11.3. The van der Waals surface area contributed by atoms with Gasteiger partial charge >= 0.3 is 10.1 Å². The van der Waals surface area contributed by atoms with Gasteiger partial charge in [0.25, 0.3) is 10.1 Å². The van der Waals surface area contributed by atoms with Gasteiger partial charge in [-0.25, -0.2) is 0 Å². The van der Waals surface area contributed by atoms with Gasteiger partial charge in [0.2, 0.25) is 0 Å². The van der Waals surface area contributed by atoms with Crippen LogP contribution in [0.3, 0.4) is 0 Å². The Bertz CT molecular complexity index is 2370. The standard InChI is InChI=1S/C38H26O9S2/c39-27-13-9-25(10-14-27)38(35-7-3-1-5-33(35)37(40)34-6-2-4-8-36(34)38)26-11-15-30(16-12-26)47-49(44,45)32-23-19-29(20-24-32)46-28-17-21-31(22-18-28)48(41,42)43/h1-24,39H,(H,41,42,43). The van der Waals surface area contributed by atoms with Gasteiger partial charge in [-0.2, -0.15) is 16.8 Å². The molecule has 1 aliphatic rings. The average molecular weight is 691 g/mol. The molecule has 0 amide bonds. The molecule has 7 rings (SSSR count). The van der Waals surface area contributed by atoms with Crippen molar-refractivity contribution in [3.8, 4) is 23.0 Å². The number of hydrogen-bond acceptors (Lipinski definition) is 8. The van der Waals surface area contributed by atoms with E-state index in [2.05, 4.69) is 0 Å². The maximum atomic E-state index is 13.7. The molecule has 0 saturated heterocycles. The van der Waals surface area contributed by atoms with Crippen molar-refractivity contribution in [3.63, 3.8) is 0 Å². The summed E-state index contributed by atoms with van der Waals surface area (Å²) < 4.78 is 69.4. The summed E-state index contributed by atoms with van der Waals surface area (Å²) in [4.78, 5) is 13.2. The Hall–Kier alpha value is -5.75. The molecule has 9 nitrogen and oxygen atoms in total. The maximum absolute atomic E-state index is 13.7. The van der Waals surface area contributed by atoms with E-state index in [1.165, 1.54) is 48.5 Å². The van der Waals surface area contributed by atoms with Crippen molar-refractivity contribution in [3.05, 3.63) is 179 Å². The Morgan fingerprint density at radius 3 is 1.43 bits per heavy atom. The fourth-order valence-electron chi connectivity index (χ4n) is 6.23. The Morgan fingerprint density at radius 1 is 0.510 bits per heavy atom. The molecule has 0 aromatic heterocycles. The summed E-state index contributed by atoms with van der Waals surface area (Å²) in [6.07, 6.45) is 0. The smallest absolute Gasteiger partial charge is 0.339 e. The first-order valence-electron chi connectivity index (χ1n) is 14.9. The lowest BCUT2D eigenvalue weighted by Crippen LogP contribution is -2.38. The highest BCUT2D eigenvalue weighted by Gasteiger charge is 2.46. The molecule has 0 fully saturated rings. The number of carbonyl (C=O) groups is 1. The predicted octanol–water partition coefficient (Wildman–Crippen LogP) is 7.13. The van der Waals surface area contributed by atoms with Gasteiger partial charge in [-0.05, 0) is 95.1 Å². The van der Waals surface area contributed by atoms with Gasteiger partial charge < -0.3 is 14.0 Å². The lowest BCUT2D eigenvalue weighted by molar-refractivity contribution is 0.103. The first kappa shape index (κ1) is 31.8. The van der Waals surface area contributed by atoms with Crippen LogP contribution in [0.2, 0.25) is 0 Å². The van der Waals surface area contributed by atoms with Gasteiger partial charge in [0, 0.05) is 11.1 Å². The molecule has 0 unspecified atom stereocenters. The fourth-order valence-corrected chi connectivity index (χ4v) is 7.64. The third-order valence-corrected chi connectivity index (χ3v) is 10.5. The molecular formula is C38H26O9S2. The molecular weight excluding hydrogens is 665 g/mol. The molecule has 0 saturated carbocycles. The fraction of sp³-hybridized carbons (Fsp3) is 0.0263. The number of carbonyl (C=O) groups excluding carboxylic acids is 1. The number of benzene rings is 6. The van der Waals surface area contributed by atoms with E-state index in [4.69, 9.17) is 13.5 Å². The summed E-state index contributed by atoms with van der Waals surface area (Å²) in [6.45, 7) is 0. The molecule has 49 heavy (non-hydrogen) atoms. The summed E-state index contributed by atoms with van der Waals surface area (Å²) in [7, 11) is -8.61. The molecule has 0 spiro atoms. The van der Waals surface area contributed by atoms with Crippen molar-refractivity contribution in [1.82, 2.24) is 0 Å². The van der Waals surface area contributed by atoms with Crippen LogP contribution in [0, 0.1) is 0 Å². The van der Waals surface area contributed by atoms with Crippen molar-refractivity contribution in [2.75, 3.05) is 0 Å². The van der Waals surface area contributed by atoms with Crippen LogP contribution < -0.4 is 8.92 Å². The van der Waals surface area contributed by atoms with E-state index in [0.717, 1.165) is 22.3 Å². The largest absolute Gasteiger partial charge is 0.508 e. The van der Waals surface area contributed by atoms with Crippen LogP contribution in [-0.2, 0) is 25.7 Å². The number of ketones is 1. The van der Waals surface area contributed by atoms with Gasteiger partial charge in [0.05, 0.1) is 10.3 Å². The highest BCUT2D eigenvalue weighted by Crippen LogP contribution is 2.51. The number of ether oxygens (including phenoxy) is 1. The molecule has 2 N–H and O–H groups in total. The van der Waals surface area contributed by atoms with Crippen molar-refractivity contribution < 1.29 is 40.2 Å². The molecule has 6 aromatic carbocycles. The van der Waals surface area contributed by atoms with Crippen LogP contribution in [0.1, 0.15) is 38.2 Å². The SMILES string of the molecule is O=C1c2ccccc2C(c2ccc(O)cc2)(c2ccc(OS(=O)(=O)c3ccc(Oc4ccc(S(=O)(=O)O)cc4)cc3)cc2)c2ccccc21. The first-order chi connectivity index (χ1) is 23.5. The number of fused-ring (bicyclic) bond motifs is 2. The highest BCUT2D eigenvalue weighted by molar-refractivity contribution is 7.87. The third-order valence-electron chi connectivity index (χ3n) is 8.41. The van der Waals surface area contributed by atoms with Crippen LogP contribution in [0.4, 0.5) is 0 Å². The van der Waals surface area contributed by atoms with Crippen LogP contribution in [0.15, 0.2) is 155 Å². The summed E-state index contributed by atoms with van der Waals surface area (Å²) in [5, 5.41) is 10.1. The minimum absolute atomic E-state index is 0.0670. The Labute approximate surface area is 282 Å². The molecule has 6 aromatic rings. The zero-order valence-electron chi connectivity index (χ0n) is 25.4. The summed E-state index contributed by atoms with van der Waals surface area (Å²) in [5.74, 6) is 0.622. The molecule has 0 radical (unpaired) electrons. The normalized spacial score (nSPS) is 13.6. The predicted molar refractivity (Wildman–Crippen MR) is 180 cm³/mol. The van der Waals surface area contributed by atoms with Gasteiger partial charge in [-0.3, -0.25) is 9.35 Å². The van der Waals surface area contributed by atoms with E-state index in [1.807, 2.05) is 48.5 Å². The van der Waals surface area contributed by atoms with Crippen LogP contribution in [0.5, 0.6) is 23.0 Å². The topological polar surface area (TPSA) is 144 Å².